The van der Waals surface area contributed by atoms with Crippen LogP contribution in [-0.4, -0.2) is 16.5 Å². The van der Waals surface area contributed by atoms with Crippen molar-refractivity contribution < 1.29 is 0 Å². The molecule has 0 unspecified atom stereocenters. The maximum absolute atomic E-state index is 4.47. The van der Waals surface area contributed by atoms with Gasteiger partial charge < -0.3 is 5.32 Å². The first kappa shape index (κ1) is 12.9. The molecule has 2 heterocycles. The third-order valence-corrected chi connectivity index (χ3v) is 5.08. The zero-order valence-corrected chi connectivity index (χ0v) is 12.5. The normalized spacial score (nSPS) is 18.5. The standard InChI is InChI=1S/C15H21N3S/c1-3-4-7-16-14-13-11-6-5-10(2)8-12(11)19-15(13)18-9-17-14/h9-10H,3-8H2,1-2H3,(H,16,17,18)/t10-/m1/s1. The molecular formula is C15H21N3S. The van der Waals surface area contributed by atoms with Crippen LogP contribution in [0.3, 0.4) is 0 Å². The fraction of sp³-hybridized carbons (Fsp3) is 0.600. The van der Waals surface area contributed by atoms with Gasteiger partial charge in [-0.2, -0.15) is 0 Å². The number of hydrogen-bond acceptors (Lipinski definition) is 4. The zero-order chi connectivity index (χ0) is 13.2. The van der Waals surface area contributed by atoms with Gasteiger partial charge in [-0.25, -0.2) is 9.97 Å². The molecule has 1 aliphatic carbocycles. The summed E-state index contributed by atoms with van der Waals surface area (Å²) in [7, 11) is 0. The maximum atomic E-state index is 4.47. The minimum Gasteiger partial charge on any atom is -0.369 e. The molecule has 1 N–H and O–H groups in total. The summed E-state index contributed by atoms with van der Waals surface area (Å²) >= 11 is 1.87. The zero-order valence-electron chi connectivity index (χ0n) is 11.7. The van der Waals surface area contributed by atoms with Crippen LogP contribution in [0.25, 0.3) is 10.2 Å². The second-order valence-corrected chi connectivity index (χ2v) is 6.62. The van der Waals surface area contributed by atoms with Gasteiger partial charge in [0.05, 0.1) is 5.39 Å². The number of nitrogens with zero attached hydrogens (tertiary/aromatic N) is 2. The predicted octanol–water partition coefficient (Wildman–Crippen LogP) is 4.03. The molecule has 4 heteroatoms. The summed E-state index contributed by atoms with van der Waals surface area (Å²) in [5.74, 6) is 1.86. The minimum absolute atomic E-state index is 0.810. The van der Waals surface area contributed by atoms with Crippen LogP contribution in [0, 0.1) is 5.92 Å². The summed E-state index contributed by atoms with van der Waals surface area (Å²) in [4.78, 5) is 11.6. The van der Waals surface area contributed by atoms with Gasteiger partial charge in [0, 0.05) is 11.4 Å². The van der Waals surface area contributed by atoms with Crippen molar-refractivity contribution in [1.82, 2.24) is 9.97 Å². The Bertz CT molecular complexity index is 576. The fourth-order valence-electron chi connectivity index (χ4n) is 2.79. The molecule has 19 heavy (non-hydrogen) atoms. The number of anilines is 1. The third-order valence-electron chi connectivity index (χ3n) is 3.91. The van der Waals surface area contributed by atoms with E-state index in [-0.39, 0.29) is 0 Å². The van der Waals surface area contributed by atoms with Crippen molar-refractivity contribution in [3.63, 3.8) is 0 Å². The second kappa shape index (κ2) is 5.45. The van der Waals surface area contributed by atoms with E-state index in [1.807, 2.05) is 11.3 Å². The quantitative estimate of drug-likeness (QED) is 0.856. The topological polar surface area (TPSA) is 37.8 Å². The van der Waals surface area contributed by atoms with Crippen LogP contribution in [0.2, 0.25) is 0 Å². The highest BCUT2D eigenvalue weighted by atomic mass is 32.1. The van der Waals surface area contributed by atoms with Crippen LogP contribution in [0.5, 0.6) is 0 Å². The van der Waals surface area contributed by atoms with Gasteiger partial charge in [0.1, 0.15) is 17.0 Å². The minimum atomic E-state index is 0.810. The molecular weight excluding hydrogens is 254 g/mol. The number of rotatable bonds is 4. The lowest BCUT2D eigenvalue weighted by molar-refractivity contribution is 0.509. The largest absolute Gasteiger partial charge is 0.369 e. The first-order valence-electron chi connectivity index (χ1n) is 7.28. The number of fused-ring (bicyclic) bond motifs is 3. The molecule has 102 valence electrons. The van der Waals surface area contributed by atoms with Crippen molar-refractivity contribution in [2.75, 3.05) is 11.9 Å². The lowest BCUT2D eigenvalue weighted by Crippen LogP contribution is -2.09. The lowest BCUT2D eigenvalue weighted by Gasteiger charge is -2.18. The number of nitrogens with one attached hydrogen (secondary N) is 1. The van der Waals surface area contributed by atoms with Gasteiger partial charge in [-0.1, -0.05) is 20.3 Å². The molecule has 2 aromatic rings. The number of aryl methyl sites for hydroxylation is 1. The van der Waals surface area contributed by atoms with E-state index in [2.05, 4.69) is 29.1 Å². The van der Waals surface area contributed by atoms with E-state index in [0.29, 0.717) is 0 Å². The van der Waals surface area contributed by atoms with E-state index in [1.54, 1.807) is 6.33 Å². The summed E-state index contributed by atoms with van der Waals surface area (Å²) in [6.45, 7) is 5.56. The van der Waals surface area contributed by atoms with Gasteiger partial charge in [-0.15, -0.1) is 11.3 Å². The molecule has 0 aliphatic heterocycles. The Kier molecular flexibility index (Phi) is 3.69. The number of hydrogen-bond donors (Lipinski definition) is 1. The lowest BCUT2D eigenvalue weighted by atomic mass is 9.89. The van der Waals surface area contributed by atoms with Crippen LogP contribution >= 0.6 is 11.3 Å². The third kappa shape index (κ3) is 2.46. The van der Waals surface area contributed by atoms with E-state index in [4.69, 9.17) is 0 Å². The molecule has 0 aromatic carbocycles. The highest BCUT2D eigenvalue weighted by Gasteiger charge is 2.22. The molecule has 0 bridgehead atoms. The molecule has 0 amide bonds. The maximum Gasteiger partial charge on any atom is 0.138 e. The van der Waals surface area contributed by atoms with Crippen LogP contribution in [-0.2, 0) is 12.8 Å². The molecule has 0 saturated carbocycles. The first-order chi connectivity index (χ1) is 9.29. The van der Waals surface area contributed by atoms with Crippen LogP contribution in [0.1, 0.15) is 43.6 Å². The van der Waals surface area contributed by atoms with Gasteiger partial charge in [0.2, 0.25) is 0 Å². The molecule has 1 atom stereocenters. The second-order valence-electron chi connectivity index (χ2n) is 5.53. The summed E-state index contributed by atoms with van der Waals surface area (Å²) in [6, 6.07) is 0. The van der Waals surface area contributed by atoms with Crippen molar-refractivity contribution >= 4 is 27.4 Å². The van der Waals surface area contributed by atoms with E-state index in [1.165, 1.54) is 47.9 Å². The molecule has 2 aromatic heterocycles. The molecule has 0 saturated heterocycles. The van der Waals surface area contributed by atoms with Gasteiger partial charge in [-0.05, 0) is 37.2 Å². The van der Waals surface area contributed by atoms with Crippen LogP contribution in [0.15, 0.2) is 6.33 Å². The van der Waals surface area contributed by atoms with Gasteiger partial charge in [-0.3, -0.25) is 0 Å². The SMILES string of the molecule is CCCCNc1ncnc2sc3c(c12)CC[C@@H](C)C3. The smallest absolute Gasteiger partial charge is 0.138 e. The monoisotopic (exact) mass is 275 g/mol. The van der Waals surface area contributed by atoms with Crippen molar-refractivity contribution in [2.24, 2.45) is 5.92 Å². The Morgan fingerprint density at radius 2 is 2.32 bits per heavy atom. The molecule has 0 spiro atoms. The van der Waals surface area contributed by atoms with E-state index >= 15 is 0 Å². The van der Waals surface area contributed by atoms with Gasteiger partial charge >= 0.3 is 0 Å². The van der Waals surface area contributed by atoms with E-state index < -0.39 is 0 Å². The van der Waals surface area contributed by atoms with Crippen LogP contribution in [0.4, 0.5) is 5.82 Å². The molecule has 3 rings (SSSR count). The average molecular weight is 275 g/mol. The molecule has 1 aliphatic rings. The summed E-state index contributed by atoms with van der Waals surface area (Å²) in [6.07, 6.45) is 7.79. The summed E-state index contributed by atoms with van der Waals surface area (Å²) in [5, 5.41) is 4.79. The van der Waals surface area contributed by atoms with Gasteiger partial charge in [0.25, 0.3) is 0 Å². The van der Waals surface area contributed by atoms with Crippen molar-refractivity contribution in [3.05, 3.63) is 16.8 Å². The van der Waals surface area contributed by atoms with Crippen molar-refractivity contribution in [1.29, 1.82) is 0 Å². The Balaban J connectivity index is 1.99. The van der Waals surface area contributed by atoms with Gasteiger partial charge in [0.15, 0.2) is 0 Å². The Morgan fingerprint density at radius 3 is 3.16 bits per heavy atom. The predicted molar refractivity (Wildman–Crippen MR) is 82.0 cm³/mol. The average Bonchev–Trinajstić information content (AvgIpc) is 2.77. The van der Waals surface area contributed by atoms with Crippen LogP contribution < -0.4 is 5.32 Å². The Labute approximate surface area is 118 Å². The van der Waals surface area contributed by atoms with Crippen molar-refractivity contribution in [2.45, 2.75) is 46.0 Å². The summed E-state index contributed by atoms with van der Waals surface area (Å²) < 4.78 is 0. The van der Waals surface area contributed by atoms with E-state index in [0.717, 1.165) is 23.1 Å². The number of thiophene rings is 1. The van der Waals surface area contributed by atoms with Crippen molar-refractivity contribution in [3.8, 4) is 0 Å². The summed E-state index contributed by atoms with van der Waals surface area (Å²) in [5.41, 5.74) is 1.51. The highest BCUT2D eigenvalue weighted by Crippen LogP contribution is 2.39. The molecule has 3 nitrogen and oxygen atoms in total. The molecule has 0 radical (unpaired) electrons. The Morgan fingerprint density at radius 1 is 1.42 bits per heavy atom. The van der Waals surface area contributed by atoms with E-state index in [9.17, 15) is 0 Å². The molecule has 0 fully saturated rings. The fourth-order valence-corrected chi connectivity index (χ4v) is 4.14. The number of aromatic nitrogens is 2. The highest BCUT2D eigenvalue weighted by molar-refractivity contribution is 7.19. The Hall–Kier alpha value is -1.16. The first-order valence-corrected chi connectivity index (χ1v) is 8.10. The number of unbranched alkanes of at least 4 members (excludes halogenated alkanes) is 1.